The predicted molar refractivity (Wildman–Crippen MR) is 172 cm³/mol. The maximum absolute atomic E-state index is 12.5. The van der Waals surface area contributed by atoms with Gasteiger partial charge in [-0.3, -0.25) is 9.59 Å². The van der Waals surface area contributed by atoms with Gasteiger partial charge in [-0.25, -0.2) is 0 Å². The topological polar surface area (TPSA) is 63.6 Å². The van der Waals surface area contributed by atoms with Gasteiger partial charge in [0.05, 0.1) is 0 Å². The van der Waals surface area contributed by atoms with Gasteiger partial charge in [0.1, 0.15) is 6.10 Å². The van der Waals surface area contributed by atoms with Crippen LogP contribution in [-0.2, 0) is 14.3 Å². The Kier molecular flexibility index (Phi) is 30.2. The number of carbonyl (C=O) groups excluding carboxylic acids is 1. The SMILES string of the molecule is CC/C=C\C/C=C\C/C=C\CCCCCCCC(=O)OC(CCCCCCCCCC)CCCCCCC(=O)O. The van der Waals surface area contributed by atoms with Crippen molar-refractivity contribution in [3.05, 3.63) is 36.5 Å². The summed E-state index contributed by atoms with van der Waals surface area (Å²) in [5, 5.41) is 8.80. The molecule has 0 aromatic rings. The number of hydrogen-bond donors (Lipinski definition) is 1. The zero-order chi connectivity index (χ0) is 29.4. The van der Waals surface area contributed by atoms with Gasteiger partial charge in [-0.15, -0.1) is 0 Å². The lowest BCUT2D eigenvalue weighted by molar-refractivity contribution is -0.150. The van der Waals surface area contributed by atoms with E-state index in [1.54, 1.807) is 0 Å². The van der Waals surface area contributed by atoms with Gasteiger partial charge in [-0.2, -0.15) is 0 Å². The van der Waals surface area contributed by atoms with Crippen LogP contribution in [0.4, 0.5) is 0 Å². The smallest absolute Gasteiger partial charge is 0.306 e. The van der Waals surface area contributed by atoms with Crippen LogP contribution in [0.2, 0.25) is 0 Å². The summed E-state index contributed by atoms with van der Waals surface area (Å²) in [5.74, 6) is -0.746. The molecule has 0 saturated carbocycles. The fraction of sp³-hybridized carbons (Fsp3) is 0.778. The molecule has 0 aromatic heterocycles. The lowest BCUT2D eigenvalue weighted by atomic mass is 10.0. The molecule has 0 heterocycles. The van der Waals surface area contributed by atoms with Crippen LogP contribution in [0.5, 0.6) is 0 Å². The second kappa shape index (κ2) is 31.7. The van der Waals surface area contributed by atoms with E-state index in [9.17, 15) is 9.59 Å². The quantitative estimate of drug-likeness (QED) is 0.0539. The molecule has 0 aromatic carbocycles. The summed E-state index contributed by atoms with van der Waals surface area (Å²) in [6, 6.07) is 0. The van der Waals surface area contributed by atoms with Crippen LogP contribution >= 0.6 is 0 Å². The number of aliphatic carboxylic acids is 1. The van der Waals surface area contributed by atoms with Gasteiger partial charge < -0.3 is 9.84 Å². The Morgan fingerprint density at radius 1 is 0.575 bits per heavy atom. The minimum atomic E-state index is -0.715. The number of unbranched alkanes of at least 4 members (excludes halogenated alkanes) is 15. The molecule has 0 fully saturated rings. The van der Waals surface area contributed by atoms with Crippen LogP contribution in [0.3, 0.4) is 0 Å². The molecular weight excluding hydrogens is 496 g/mol. The number of allylic oxidation sites excluding steroid dienone is 6. The van der Waals surface area contributed by atoms with Crippen molar-refractivity contribution in [1.29, 1.82) is 0 Å². The van der Waals surface area contributed by atoms with Crippen molar-refractivity contribution >= 4 is 11.9 Å². The Morgan fingerprint density at radius 3 is 1.62 bits per heavy atom. The molecular formula is C36H64O4. The minimum Gasteiger partial charge on any atom is -0.481 e. The van der Waals surface area contributed by atoms with Crippen molar-refractivity contribution in [3.63, 3.8) is 0 Å². The van der Waals surface area contributed by atoms with E-state index in [-0.39, 0.29) is 18.5 Å². The summed E-state index contributed by atoms with van der Waals surface area (Å²) in [6.07, 6.45) is 40.1. The molecule has 1 unspecified atom stereocenters. The molecule has 0 aliphatic rings. The number of carboxylic acids is 1. The molecule has 232 valence electrons. The number of rotatable bonds is 30. The maximum Gasteiger partial charge on any atom is 0.306 e. The first-order valence-corrected chi connectivity index (χ1v) is 17.0. The average molecular weight is 561 g/mol. The lowest BCUT2D eigenvalue weighted by Crippen LogP contribution is -2.18. The van der Waals surface area contributed by atoms with E-state index in [1.807, 2.05) is 0 Å². The molecule has 0 spiro atoms. The van der Waals surface area contributed by atoms with E-state index in [4.69, 9.17) is 9.84 Å². The first-order valence-electron chi connectivity index (χ1n) is 17.0. The van der Waals surface area contributed by atoms with Gasteiger partial charge in [0.2, 0.25) is 0 Å². The van der Waals surface area contributed by atoms with E-state index in [1.165, 1.54) is 64.2 Å². The van der Waals surface area contributed by atoms with Crippen molar-refractivity contribution in [3.8, 4) is 0 Å². The fourth-order valence-electron chi connectivity index (χ4n) is 4.90. The third-order valence-electron chi connectivity index (χ3n) is 7.38. The summed E-state index contributed by atoms with van der Waals surface area (Å²) in [5.41, 5.74) is 0. The van der Waals surface area contributed by atoms with E-state index in [0.717, 1.165) is 83.5 Å². The Morgan fingerprint density at radius 2 is 1.05 bits per heavy atom. The van der Waals surface area contributed by atoms with Gasteiger partial charge in [0.15, 0.2) is 0 Å². The van der Waals surface area contributed by atoms with Crippen molar-refractivity contribution in [2.24, 2.45) is 0 Å². The Bertz CT molecular complexity index is 649. The second-order valence-electron chi connectivity index (χ2n) is 11.3. The van der Waals surface area contributed by atoms with Gasteiger partial charge in [-0.05, 0) is 70.6 Å². The predicted octanol–water partition coefficient (Wildman–Crippen LogP) is 11.4. The molecule has 40 heavy (non-hydrogen) atoms. The Hall–Kier alpha value is -1.84. The maximum atomic E-state index is 12.5. The highest BCUT2D eigenvalue weighted by Crippen LogP contribution is 2.18. The van der Waals surface area contributed by atoms with Crippen molar-refractivity contribution in [2.75, 3.05) is 0 Å². The highest BCUT2D eigenvalue weighted by atomic mass is 16.5. The van der Waals surface area contributed by atoms with Gasteiger partial charge in [-0.1, -0.05) is 127 Å². The Labute approximate surface area is 248 Å². The summed E-state index contributed by atoms with van der Waals surface area (Å²) in [4.78, 5) is 23.2. The van der Waals surface area contributed by atoms with E-state index in [0.29, 0.717) is 6.42 Å². The molecule has 0 aliphatic carbocycles. The normalized spacial score (nSPS) is 12.7. The first-order chi connectivity index (χ1) is 19.6. The van der Waals surface area contributed by atoms with Crippen LogP contribution in [-0.4, -0.2) is 23.1 Å². The first kappa shape index (κ1) is 38.2. The number of carbonyl (C=O) groups is 2. The van der Waals surface area contributed by atoms with Crippen LogP contribution in [0.1, 0.15) is 174 Å². The number of esters is 1. The molecule has 1 atom stereocenters. The zero-order valence-corrected chi connectivity index (χ0v) is 26.4. The summed E-state index contributed by atoms with van der Waals surface area (Å²) in [6.45, 7) is 4.41. The third kappa shape index (κ3) is 30.7. The number of hydrogen-bond acceptors (Lipinski definition) is 3. The van der Waals surface area contributed by atoms with Gasteiger partial charge >= 0.3 is 11.9 Å². The highest BCUT2D eigenvalue weighted by molar-refractivity contribution is 5.69. The lowest BCUT2D eigenvalue weighted by Gasteiger charge is -2.18. The zero-order valence-electron chi connectivity index (χ0n) is 26.4. The monoisotopic (exact) mass is 560 g/mol. The van der Waals surface area contributed by atoms with E-state index < -0.39 is 5.97 Å². The summed E-state index contributed by atoms with van der Waals surface area (Å²) >= 11 is 0. The molecule has 4 nitrogen and oxygen atoms in total. The van der Waals surface area contributed by atoms with E-state index in [2.05, 4.69) is 50.3 Å². The summed E-state index contributed by atoms with van der Waals surface area (Å²) < 4.78 is 5.92. The Balaban J connectivity index is 4.01. The molecule has 0 radical (unpaired) electrons. The van der Waals surface area contributed by atoms with Gasteiger partial charge in [0.25, 0.3) is 0 Å². The molecule has 0 amide bonds. The molecule has 0 saturated heterocycles. The van der Waals surface area contributed by atoms with Crippen LogP contribution in [0.15, 0.2) is 36.5 Å². The highest BCUT2D eigenvalue weighted by Gasteiger charge is 2.14. The minimum absolute atomic E-state index is 0.0292. The second-order valence-corrected chi connectivity index (χ2v) is 11.3. The van der Waals surface area contributed by atoms with Crippen LogP contribution < -0.4 is 0 Å². The van der Waals surface area contributed by atoms with Crippen molar-refractivity contribution < 1.29 is 19.4 Å². The molecule has 0 aliphatic heterocycles. The fourth-order valence-corrected chi connectivity index (χ4v) is 4.90. The standard InChI is InChI=1S/C36H64O4/c1-3-5-7-9-11-13-14-15-16-17-18-19-21-23-29-33-36(39)40-34(31-27-24-25-28-32-35(37)38)30-26-22-20-12-10-8-6-4-2/h5,7,11,13,15-16,34H,3-4,6,8-10,12,14,17-33H2,1-2H3,(H,37,38)/b7-5-,13-11-,16-15-. The molecule has 0 bridgehead atoms. The van der Waals surface area contributed by atoms with Crippen molar-refractivity contribution in [2.45, 2.75) is 180 Å². The third-order valence-corrected chi connectivity index (χ3v) is 7.38. The molecule has 1 N–H and O–H groups in total. The van der Waals surface area contributed by atoms with Crippen molar-refractivity contribution in [1.82, 2.24) is 0 Å². The van der Waals surface area contributed by atoms with E-state index >= 15 is 0 Å². The molecule has 4 heteroatoms. The van der Waals surface area contributed by atoms with Gasteiger partial charge in [0, 0.05) is 12.8 Å². The summed E-state index contributed by atoms with van der Waals surface area (Å²) in [7, 11) is 0. The van der Waals surface area contributed by atoms with Crippen LogP contribution in [0, 0.1) is 0 Å². The van der Waals surface area contributed by atoms with Crippen LogP contribution in [0.25, 0.3) is 0 Å². The average Bonchev–Trinajstić information content (AvgIpc) is 2.93. The number of ether oxygens (including phenoxy) is 1. The number of carboxylic acid groups (broad SMARTS) is 1. The molecule has 0 rings (SSSR count). The largest absolute Gasteiger partial charge is 0.481 e.